The van der Waals surface area contributed by atoms with Gasteiger partial charge in [0.1, 0.15) is 30.1 Å². The molecule has 624 valence electrons. The molecule has 4 aromatic carbocycles. The number of benzene rings is 4. The summed E-state index contributed by atoms with van der Waals surface area (Å²) in [5.41, 5.74) is 9.68. The quantitative estimate of drug-likeness (QED) is 0.0127. The number of hydrogen-bond acceptors (Lipinski definition) is 21. The van der Waals surface area contributed by atoms with Gasteiger partial charge in [0, 0.05) is 102 Å². The van der Waals surface area contributed by atoms with E-state index in [1.165, 1.54) is 23.3 Å². The topological polar surface area (TPSA) is 368 Å². The molecule has 0 radical (unpaired) electrons. The lowest BCUT2D eigenvalue weighted by Crippen LogP contribution is -2.51. The number of aliphatic carboxylic acids is 1. The lowest BCUT2D eigenvalue weighted by Gasteiger charge is -2.23. The second-order valence-corrected chi connectivity index (χ2v) is 28.9. The molecule has 9 N–H and O–H groups in total. The van der Waals surface area contributed by atoms with Gasteiger partial charge in [0.15, 0.2) is 10.8 Å². The molecule has 1 aliphatic heterocycles. The van der Waals surface area contributed by atoms with Gasteiger partial charge in [-0.15, -0.1) is 0 Å². The summed E-state index contributed by atoms with van der Waals surface area (Å²) in [7, 11) is 0. The Labute approximate surface area is 678 Å². The zero-order valence-corrected chi connectivity index (χ0v) is 67.0. The summed E-state index contributed by atoms with van der Waals surface area (Å²) in [6.45, 7) is 13.0. The van der Waals surface area contributed by atoms with Crippen molar-refractivity contribution in [3.8, 4) is 16.9 Å². The van der Waals surface area contributed by atoms with Crippen molar-refractivity contribution in [2.45, 2.75) is 122 Å². The number of hydrogen-bond donors (Lipinski definition) is 9. The third-order valence-corrected chi connectivity index (χ3v) is 19.3. The molecule has 0 bridgehead atoms. The second-order valence-electron chi connectivity index (χ2n) is 28.5. The van der Waals surface area contributed by atoms with Crippen LogP contribution in [0.4, 0.5) is 10.5 Å². The van der Waals surface area contributed by atoms with E-state index >= 15 is 0 Å². The molecule has 2 unspecified atom stereocenters. The lowest BCUT2D eigenvalue weighted by molar-refractivity contribution is -0.142. The number of carbonyl (C=O) groups excluding carboxylic acids is 4. The number of thiocarbonyl (C=S) groups is 1. The minimum atomic E-state index is -1.24. The van der Waals surface area contributed by atoms with Gasteiger partial charge < -0.3 is 89.9 Å². The Bertz CT molecular complexity index is 3910. The first-order valence-corrected chi connectivity index (χ1v) is 40.3. The van der Waals surface area contributed by atoms with Crippen LogP contribution in [0.25, 0.3) is 11.1 Å². The van der Waals surface area contributed by atoms with Crippen LogP contribution in [0.3, 0.4) is 0 Å². The number of alkyl carbamates (subject to hydrolysis) is 1. The average molecular weight is 1610 g/mol. The van der Waals surface area contributed by atoms with Crippen LogP contribution in [0.1, 0.15) is 138 Å². The summed E-state index contributed by atoms with van der Waals surface area (Å²) in [5.74, 6) is -3.78. The number of aryl methyl sites for hydroxylation is 1. The van der Waals surface area contributed by atoms with Gasteiger partial charge in [-0.2, -0.15) is 0 Å². The molecule has 2 aromatic heterocycles. The summed E-state index contributed by atoms with van der Waals surface area (Å²) in [4.78, 5) is 102. The fraction of sp³-hybridized carbons (Fsp3) is 0.506. The van der Waals surface area contributed by atoms with Gasteiger partial charge in [-0.25, -0.2) is 29.1 Å². The van der Waals surface area contributed by atoms with E-state index < -0.39 is 47.9 Å². The van der Waals surface area contributed by atoms with Gasteiger partial charge in [0.25, 0.3) is 0 Å². The van der Waals surface area contributed by atoms with Crippen LogP contribution >= 0.6 is 12.2 Å². The Morgan fingerprint density at radius 3 is 1.67 bits per heavy atom. The maximum absolute atomic E-state index is 13.9. The summed E-state index contributed by atoms with van der Waals surface area (Å²) in [6.07, 6.45) is 4.96. The van der Waals surface area contributed by atoms with Gasteiger partial charge in [0.2, 0.25) is 17.7 Å². The number of nitrogens with zero attached hydrogens (tertiary/aromatic N) is 4. The molecule has 0 saturated carbocycles. The molecule has 2 atom stereocenters. The molecule has 2 aliphatic rings. The number of aromatic carboxylic acids is 2. The summed E-state index contributed by atoms with van der Waals surface area (Å²) < 4.78 is 52.3. The number of carboxylic acid groups (broad SMARTS) is 3. The first-order chi connectivity index (χ1) is 55.9. The van der Waals surface area contributed by atoms with E-state index in [2.05, 4.69) is 114 Å². The Morgan fingerprint density at radius 1 is 0.513 bits per heavy atom. The number of fused-ring (bicyclic) bond motifs is 3. The minimum absolute atomic E-state index is 0.0132. The molecular weight excluding hydrogens is 1500 g/mol. The summed E-state index contributed by atoms with van der Waals surface area (Å²) in [6, 6.07) is 38.2. The molecule has 29 nitrogen and oxygen atoms in total. The smallest absolute Gasteiger partial charge is 0.407 e. The highest BCUT2D eigenvalue weighted by molar-refractivity contribution is 7.80. The van der Waals surface area contributed by atoms with E-state index in [1.807, 2.05) is 48.5 Å². The lowest BCUT2D eigenvalue weighted by atomic mass is 9.98. The third-order valence-electron chi connectivity index (χ3n) is 19.0. The maximum atomic E-state index is 13.9. The Balaban J connectivity index is 0.721. The van der Waals surface area contributed by atoms with Crippen molar-refractivity contribution >= 4 is 64.7 Å². The number of unbranched alkanes of at least 4 members (excludes halogenated alkanes) is 2. The molecule has 115 heavy (non-hydrogen) atoms. The molecule has 6 aromatic rings. The van der Waals surface area contributed by atoms with E-state index in [0.29, 0.717) is 178 Å². The number of rotatable bonds is 45. The number of aromatic nitrogens is 2. The highest BCUT2D eigenvalue weighted by atomic mass is 32.1. The van der Waals surface area contributed by atoms with Crippen LogP contribution < -0.4 is 36.6 Å². The predicted octanol–water partition coefficient (Wildman–Crippen LogP) is 8.88. The van der Waals surface area contributed by atoms with Crippen molar-refractivity contribution in [2.75, 3.05) is 157 Å². The van der Waals surface area contributed by atoms with Crippen molar-refractivity contribution in [1.29, 1.82) is 0 Å². The summed E-state index contributed by atoms with van der Waals surface area (Å²) in [5, 5.41) is 47.5. The van der Waals surface area contributed by atoms with E-state index in [-0.39, 0.29) is 102 Å². The SMILES string of the molecule is CC(C)Cc1ccc(CCCC(=O)NCCCCC(NC(=O)C(CCCCNC(=S)Nc2ccc(CCOc3cc(CN4CCOCCOCCN(Cc5cccc(C(=O)O)n5)CCOCCOCC4)nc(C(=O)O)c3)cc2)NC(=O)CCOCCOCCOCCNC(=O)OCC2c3ccccc3-c3ccccc32)C(=O)O)cc1. The predicted molar refractivity (Wildman–Crippen MR) is 436 cm³/mol. The second kappa shape index (κ2) is 52.1. The Kier molecular flexibility index (Phi) is 41.2. The Hall–Kier alpha value is -9.60. The number of anilines is 1. The number of pyridine rings is 2. The van der Waals surface area contributed by atoms with Crippen LogP contribution in [0.2, 0.25) is 0 Å². The fourth-order valence-corrected chi connectivity index (χ4v) is 13.3. The van der Waals surface area contributed by atoms with Crippen LogP contribution in [0.15, 0.2) is 127 Å². The molecule has 1 aliphatic carbocycles. The summed E-state index contributed by atoms with van der Waals surface area (Å²) >= 11 is 5.63. The average Bonchev–Trinajstić information content (AvgIpc) is 1.62. The van der Waals surface area contributed by atoms with Crippen LogP contribution in [0, 0.1) is 5.92 Å². The number of carboxylic acids is 3. The highest BCUT2D eigenvalue weighted by Gasteiger charge is 2.30. The molecule has 8 rings (SSSR count). The zero-order valence-electron chi connectivity index (χ0n) is 66.2. The van der Waals surface area contributed by atoms with Crippen molar-refractivity contribution in [3.05, 3.63) is 178 Å². The van der Waals surface area contributed by atoms with E-state index in [9.17, 15) is 48.9 Å². The Morgan fingerprint density at radius 2 is 1.06 bits per heavy atom. The van der Waals surface area contributed by atoms with Gasteiger partial charge in [-0.05, 0) is 139 Å². The first kappa shape index (κ1) is 90.9. The van der Waals surface area contributed by atoms with E-state index in [1.54, 1.807) is 18.2 Å². The zero-order chi connectivity index (χ0) is 81.6. The van der Waals surface area contributed by atoms with Gasteiger partial charge in [-0.1, -0.05) is 105 Å². The normalized spacial score (nSPS) is 14.5. The van der Waals surface area contributed by atoms with Gasteiger partial charge in [0.05, 0.1) is 110 Å². The maximum Gasteiger partial charge on any atom is 0.407 e. The molecule has 0 spiro atoms. The molecular formula is C85H114N10O19S. The number of amides is 4. The standard InChI is InChI=1S/C85H114N10O19S/c1-61(2)55-64-25-23-62(24-26-64)13-11-22-78(96)86-33-9-8-20-76(82(101)102)93-80(98)74(92-79(97)32-40-106-47-53-112-54-48-107-42-35-88-85(105)114-60-73-71-17-5-3-15-69(71)70-16-4-6-18-72(70)73)19-7-10-34-87-84(115)91-65-29-27-63(28-30-65)31-41-113-68-56-67(90-77(57-68)83(103)104)59-95-38-45-110-51-49-108-43-36-94(37-44-109-50-52-111-46-39-95)58-66-14-12-21-75(89-66)81(99)100/h3-6,12,14-18,21,23-30,56-57,61,73-74,76H,7-11,13,19-20,22,31-55,58-60H2,1-2H3,(H,86,96)(H,88,105)(H,92,97)(H,93,98)(H,99,100)(H,101,102)(H,103,104)(H2,87,91,115). The molecule has 3 heterocycles. The van der Waals surface area contributed by atoms with Gasteiger partial charge >= 0.3 is 24.0 Å². The van der Waals surface area contributed by atoms with Crippen molar-refractivity contribution in [2.24, 2.45) is 5.92 Å². The van der Waals surface area contributed by atoms with E-state index in [4.69, 9.17) is 54.8 Å². The van der Waals surface area contributed by atoms with Crippen LogP contribution in [-0.4, -0.2) is 246 Å². The monoisotopic (exact) mass is 1610 g/mol. The van der Waals surface area contributed by atoms with E-state index in [0.717, 1.165) is 46.3 Å². The molecule has 4 amide bonds. The largest absolute Gasteiger partial charge is 0.493 e. The van der Waals surface area contributed by atoms with Crippen LogP contribution in [-0.2, 0) is 89.4 Å². The number of ether oxygens (including phenoxy) is 9. The number of carbonyl (C=O) groups is 7. The van der Waals surface area contributed by atoms with Crippen molar-refractivity contribution in [1.82, 2.24) is 46.4 Å². The van der Waals surface area contributed by atoms with Crippen molar-refractivity contribution in [3.63, 3.8) is 0 Å². The third kappa shape index (κ3) is 35.2. The molecule has 1 saturated heterocycles. The highest BCUT2D eigenvalue weighted by Crippen LogP contribution is 2.44. The molecule has 1 fully saturated rings. The van der Waals surface area contributed by atoms with Gasteiger partial charge in [-0.3, -0.25) is 24.2 Å². The van der Waals surface area contributed by atoms with Crippen molar-refractivity contribution < 1.29 is 91.5 Å². The minimum Gasteiger partial charge on any atom is -0.493 e. The fourth-order valence-electron chi connectivity index (χ4n) is 13.0. The molecule has 30 heteroatoms. The van der Waals surface area contributed by atoms with Crippen LogP contribution in [0.5, 0.6) is 5.75 Å². The first-order valence-electron chi connectivity index (χ1n) is 39.9. The number of nitrogens with one attached hydrogen (secondary N) is 6.